The van der Waals surface area contributed by atoms with E-state index in [1.54, 1.807) is 14.2 Å². The molecular weight excluding hydrogens is 420 g/mol. The first-order valence-corrected chi connectivity index (χ1v) is 10.1. The van der Waals surface area contributed by atoms with Gasteiger partial charge in [-0.2, -0.15) is 0 Å². The second-order valence-corrected chi connectivity index (χ2v) is 8.03. The third kappa shape index (κ3) is 3.54. The van der Waals surface area contributed by atoms with Crippen LogP contribution in [0.4, 0.5) is 5.69 Å². The fourth-order valence-corrected chi connectivity index (χ4v) is 4.21. The summed E-state index contributed by atoms with van der Waals surface area (Å²) >= 11 is 3.51. The summed E-state index contributed by atoms with van der Waals surface area (Å²) in [5.74, 6) is 1.38. The van der Waals surface area contributed by atoms with Gasteiger partial charge in [0.15, 0.2) is 0 Å². The molecule has 0 spiro atoms. The van der Waals surface area contributed by atoms with Crippen molar-refractivity contribution in [3.05, 3.63) is 58.7 Å². The molecular formula is C22H23BrN2O3. The maximum atomic E-state index is 11.3. The van der Waals surface area contributed by atoms with E-state index in [0.29, 0.717) is 24.3 Å². The molecule has 1 saturated heterocycles. The van der Waals surface area contributed by atoms with Crippen molar-refractivity contribution in [3.63, 3.8) is 0 Å². The molecule has 0 atom stereocenters. The molecule has 1 N–H and O–H groups in total. The number of hydrogen-bond acceptors (Lipinski definition) is 5. The smallest absolute Gasteiger partial charge is 0.122 e. The number of aliphatic hydroxyl groups is 1. The Bertz CT molecular complexity index is 978. The topological polar surface area (TPSA) is 54.8 Å². The van der Waals surface area contributed by atoms with Gasteiger partial charge in [-0.05, 0) is 54.8 Å². The predicted molar refractivity (Wildman–Crippen MR) is 114 cm³/mol. The van der Waals surface area contributed by atoms with E-state index in [1.165, 1.54) is 0 Å². The zero-order chi connectivity index (χ0) is 19.7. The van der Waals surface area contributed by atoms with E-state index < -0.39 is 5.60 Å². The monoisotopic (exact) mass is 442 g/mol. The van der Waals surface area contributed by atoms with Gasteiger partial charge >= 0.3 is 0 Å². The van der Waals surface area contributed by atoms with Crippen molar-refractivity contribution >= 4 is 32.5 Å². The molecule has 0 bridgehead atoms. The standard InChI is InChI=1S/C22H23BrN2O3/c1-27-17-11-15(12-18(14-17)28-2)22(26)6-9-25(10-7-22)21-5-8-24-20-13-16(23)3-4-19(20)21/h3-5,8,11-14,26H,6-7,9-10H2,1-2H3. The number of fused-ring (bicyclic) bond motifs is 1. The first-order valence-electron chi connectivity index (χ1n) is 9.27. The third-order valence-electron chi connectivity index (χ3n) is 5.50. The number of pyridine rings is 1. The Morgan fingerprint density at radius 3 is 2.32 bits per heavy atom. The number of piperidine rings is 1. The highest BCUT2D eigenvalue weighted by Gasteiger charge is 2.35. The fraction of sp³-hybridized carbons (Fsp3) is 0.318. The summed E-state index contributed by atoms with van der Waals surface area (Å²) in [6, 6.07) is 13.8. The van der Waals surface area contributed by atoms with Crippen molar-refractivity contribution in [2.45, 2.75) is 18.4 Å². The van der Waals surface area contributed by atoms with Crippen molar-refractivity contribution in [1.82, 2.24) is 4.98 Å². The Kier molecular flexibility index (Phi) is 5.17. The van der Waals surface area contributed by atoms with Crippen molar-refractivity contribution in [2.75, 3.05) is 32.2 Å². The number of rotatable bonds is 4. The Labute approximate surface area is 173 Å². The van der Waals surface area contributed by atoms with Crippen LogP contribution in [0.25, 0.3) is 10.9 Å². The molecule has 5 nitrogen and oxygen atoms in total. The molecule has 0 amide bonds. The molecule has 6 heteroatoms. The Morgan fingerprint density at radius 2 is 1.68 bits per heavy atom. The molecule has 28 heavy (non-hydrogen) atoms. The number of ether oxygens (including phenoxy) is 2. The van der Waals surface area contributed by atoms with Crippen LogP contribution in [0.1, 0.15) is 18.4 Å². The maximum Gasteiger partial charge on any atom is 0.122 e. The molecule has 0 aliphatic carbocycles. The lowest BCUT2D eigenvalue weighted by Gasteiger charge is -2.40. The minimum absolute atomic E-state index is 0.629. The van der Waals surface area contributed by atoms with E-state index in [1.807, 2.05) is 36.5 Å². The van der Waals surface area contributed by atoms with Crippen LogP contribution in [0.15, 0.2) is 53.1 Å². The number of nitrogens with zero attached hydrogens (tertiary/aromatic N) is 2. The predicted octanol–water partition coefficient (Wildman–Crippen LogP) is 4.50. The summed E-state index contributed by atoms with van der Waals surface area (Å²) in [5, 5.41) is 12.5. The molecule has 0 unspecified atom stereocenters. The zero-order valence-electron chi connectivity index (χ0n) is 16.0. The molecule has 1 aromatic heterocycles. The van der Waals surface area contributed by atoms with Gasteiger partial charge in [0.25, 0.3) is 0 Å². The van der Waals surface area contributed by atoms with Gasteiger partial charge in [-0.3, -0.25) is 4.98 Å². The molecule has 1 aliphatic heterocycles. The molecule has 0 saturated carbocycles. The first kappa shape index (κ1) is 19.0. The van der Waals surface area contributed by atoms with Crippen LogP contribution in [0, 0.1) is 0 Å². The third-order valence-corrected chi connectivity index (χ3v) is 6.00. The molecule has 2 aromatic carbocycles. The van der Waals surface area contributed by atoms with Crippen molar-refractivity contribution in [1.29, 1.82) is 0 Å². The van der Waals surface area contributed by atoms with Crippen LogP contribution in [-0.4, -0.2) is 37.4 Å². The van der Waals surface area contributed by atoms with Gasteiger partial charge in [-0.1, -0.05) is 15.9 Å². The molecule has 1 aliphatic rings. The highest BCUT2D eigenvalue weighted by atomic mass is 79.9. The number of aromatic nitrogens is 1. The second-order valence-electron chi connectivity index (χ2n) is 7.11. The summed E-state index contributed by atoms with van der Waals surface area (Å²) in [7, 11) is 3.25. The Balaban J connectivity index is 1.60. The molecule has 3 aromatic rings. The van der Waals surface area contributed by atoms with Gasteiger partial charge in [-0.15, -0.1) is 0 Å². The van der Waals surface area contributed by atoms with E-state index in [9.17, 15) is 5.11 Å². The van der Waals surface area contributed by atoms with Gasteiger partial charge < -0.3 is 19.5 Å². The fourth-order valence-electron chi connectivity index (χ4n) is 3.86. The summed E-state index contributed by atoms with van der Waals surface area (Å²) in [4.78, 5) is 6.80. The number of anilines is 1. The average molecular weight is 443 g/mol. The van der Waals surface area contributed by atoms with Crippen LogP contribution in [0.3, 0.4) is 0 Å². The molecule has 0 radical (unpaired) electrons. The van der Waals surface area contributed by atoms with E-state index in [-0.39, 0.29) is 0 Å². The lowest BCUT2D eigenvalue weighted by Crippen LogP contribution is -2.42. The number of hydrogen-bond donors (Lipinski definition) is 1. The molecule has 2 heterocycles. The van der Waals surface area contributed by atoms with Crippen molar-refractivity contribution in [2.24, 2.45) is 0 Å². The second kappa shape index (κ2) is 7.60. The molecule has 1 fully saturated rings. The zero-order valence-corrected chi connectivity index (χ0v) is 17.6. The quantitative estimate of drug-likeness (QED) is 0.644. The van der Waals surface area contributed by atoms with Crippen LogP contribution in [0.2, 0.25) is 0 Å². The van der Waals surface area contributed by atoms with Gasteiger partial charge in [-0.25, -0.2) is 0 Å². The number of benzene rings is 2. The van der Waals surface area contributed by atoms with E-state index in [2.05, 4.69) is 37.9 Å². The van der Waals surface area contributed by atoms with Crippen molar-refractivity contribution in [3.8, 4) is 11.5 Å². The maximum absolute atomic E-state index is 11.3. The molecule has 4 rings (SSSR count). The number of halogens is 1. The van der Waals surface area contributed by atoms with Crippen LogP contribution < -0.4 is 14.4 Å². The largest absolute Gasteiger partial charge is 0.497 e. The van der Waals surface area contributed by atoms with Crippen LogP contribution in [-0.2, 0) is 5.60 Å². The highest BCUT2D eigenvalue weighted by molar-refractivity contribution is 9.10. The van der Waals surface area contributed by atoms with Crippen LogP contribution >= 0.6 is 15.9 Å². The van der Waals surface area contributed by atoms with Gasteiger partial charge in [0.1, 0.15) is 11.5 Å². The van der Waals surface area contributed by atoms with Gasteiger partial charge in [0.05, 0.1) is 25.3 Å². The summed E-state index contributed by atoms with van der Waals surface area (Å²) < 4.78 is 11.8. The highest BCUT2D eigenvalue weighted by Crippen LogP contribution is 2.39. The first-order chi connectivity index (χ1) is 13.5. The van der Waals surface area contributed by atoms with Crippen molar-refractivity contribution < 1.29 is 14.6 Å². The lowest BCUT2D eigenvalue weighted by molar-refractivity contribution is 0.0114. The molecule has 146 valence electrons. The summed E-state index contributed by atoms with van der Waals surface area (Å²) in [6.07, 6.45) is 3.10. The number of methoxy groups -OCH3 is 2. The van der Waals surface area contributed by atoms with Gasteiger partial charge in [0.2, 0.25) is 0 Å². The van der Waals surface area contributed by atoms with E-state index in [4.69, 9.17) is 9.47 Å². The van der Waals surface area contributed by atoms with E-state index >= 15 is 0 Å². The Morgan fingerprint density at radius 1 is 1.00 bits per heavy atom. The van der Waals surface area contributed by atoms with Crippen LogP contribution in [0.5, 0.6) is 11.5 Å². The summed E-state index contributed by atoms with van der Waals surface area (Å²) in [5.41, 5.74) is 2.06. The Hall–Kier alpha value is -2.31. The van der Waals surface area contributed by atoms with Gasteiger partial charge in [0, 0.05) is 40.9 Å². The minimum Gasteiger partial charge on any atom is -0.497 e. The summed E-state index contributed by atoms with van der Waals surface area (Å²) in [6.45, 7) is 1.51. The average Bonchev–Trinajstić information content (AvgIpc) is 2.73. The SMILES string of the molecule is COc1cc(OC)cc(C2(O)CCN(c3ccnc4cc(Br)ccc34)CC2)c1. The minimum atomic E-state index is -0.899. The normalized spacial score (nSPS) is 16.2. The van der Waals surface area contributed by atoms with E-state index in [0.717, 1.165) is 39.7 Å². The lowest BCUT2D eigenvalue weighted by atomic mass is 9.84.